The minimum Gasteiger partial charge on any atom is -0.496 e. The molecule has 2 rings (SSSR count). The monoisotopic (exact) mass is 263 g/mol. The van der Waals surface area contributed by atoms with Crippen molar-refractivity contribution in [2.45, 2.75) is 50.7 Å². The molecule has 0 bridgehead atoms. The Morgan fingerprint density at radius 1 is 1.11 bits per heavy atom. The molecule has 0 radical (unpaired) electrons. The molecular formula is C16H25NO2. The van der Waals surface area contributed by atoms with Crippen molar-refractivity contribution in [3.05, 3.63) is 29.8 Å². The molecule has 0 amide bonds. The average molecular weight is 263 g/mol. The topological polar surface area (TPSA) is 44.5 Å². The lowest BCUT2D eigenvalue weighted by Crippen LogP contribution is -2.43. The maximum atomic E-state index is 6.44. The molecule has 106 valence electrons. The Balaban J connectivity index is 1.85. The van der Waals surface area contributed by atoms with Gasteiger partial charge < -0.3 is 15.2 Å². The van der Waals surface area contributed by atoms with Gasteiger partial charge in [0.25, 0.3) is 0 Å². The lowest BCUT2D eigenvalue weighted by Gasteiger charge is -2.27. The van der Waals surface area contributed by atoms with Crippen molar-refractivity contribution in [3.8, 4) is 5.75 Å². The van der Waals surface area contributed by atoms with Crippen molar-refractivity contribution in [2.75, 3.05) is 13.7 Å². The van der Waals surface area contributed by atoms with E-state index in [1.165, 1.54) is 25.7 Å². The first kappa shape index (κ1) is 14.4. The highest BCUT2D eigenvalue weighted by atomic mass is 16.5. The lowest BCUT2D eigenvalue weighted by molar-refractivity contribution is 0.0656. The minimum absolute atomic E-state index is 0.126. The van der Waals surface area contributed by atoms with Crippen LogP contribution in [-0.2, 0) is 11.3 Å². The van der Waals surface area contributed by atoms with Gasteiger partial charge in [0.2, 0.25) is 0 Å². The molecule has 0 heterocycles. The van der Waals surface area contributed by atoms with E-state index >= 15 is 0 Å². The quantitative estimate of drug-likeness (QED) is 0.829. The number of para-hydroxylation sites is 1. The second-order valence-corrected chi connectivity index (χ2v) is 5.58. The highest BCUT2D eigenvalue weighted by molar-refractivity contribution is 5.32. The number of ether oxygens (including phenoxy) is 2. The van der Waals surface area contributed by atoms with Gasteiger partial charge in [0.15, 0.2) is 0 Å². The van der Waals surface area contributed by atoms with Gasteiger partial charge in [0.1, 0.15) is 5.75 Å². The molecule has 0 aromatic heterocycles. The van der Waals surface area contributed by atoms with Crippen LogP contribution in [0, 0.1) is 0 Å². The molecule has 0 aliphatic heterocycles. The minimum atomic E-state index is -0.126. The molecule has 0 spiro atoms. The molecule has 3 heteroatoms. The summed E-state index contributed by atoms with van der Waals surface area (Å²) in [7, 11) is 1.69. The van der Waals surface area contributed by atoms with E-state index in [1.54, 1.807) is 7.11 Å². The maximum Gasteiger partial charge on any atom is 0.124 e. The van der Waals surface area contributed by atoms with E-state index in [0.717, 1.165) is 24.2 Å². The highest BCUT2D eigenvalue weighted by Gasteiger charge is 2.26. The van der Waals surface area contributed by atoms with Gasteiger partial charge in [-0.05, 0) is 18.9 Å². The Bertz CT molecular complexity index is 384. The molecule has 0 atom stereocenters. The van der Waals surface area contributed by atoms with Gasteiger partial charge in [-0.25, -0.2) is 0 Å². The average Bonchev–Trinajstić information content (AvgIpc) is 2.64. The van der Waals surface area contributed by atoms with Crippen LogP contribution in [0.1, 0.15) is 44.1 Å². The van der Waals surface area contributed by atoms with Gasteiger partial charge in [-0.3, -0.25) is 0 Å². The lowest BCUT2D eigenvalue weighted by atomic mass is 9.92. The van der Waals surface area contributed by atoms with E-state index in [1.807, 2.05) is 24.3 Å². The van der Waals surface area contributed by atoms with Crippen LogP contribution in [0.2, 0.25) is 0 Å². The number of rotatable bonds is 5. The van der Waals surface area contributed by atoms with Gasteiger partial charge in [0, 0.05) is 11.1 Å². The number of hydrogen-bond acceptors (Lipinski definition) is 3. The number of hydrogen-bond donors (Lipinski definition) is 1. The normalized spacial score (nSPS) is 18.8. The third-order valence-electron chi connectivity index (χ3n) is 3.94. The van der Waals surface area contributed by atoms with Crippen molar-refractivity contribution >= 4 is 0 Å². The summed E-state index contributed by atoms with van der Waals surface area (Å²) in [6.07, 6.45) is 7.25. The zero-order chi connectivity index (χ0) is 13.6. The van der Waals surface area contributed by atoms with Gasteiger partial charge in [-0.15, -0.1) is 0 Å². The third kappa shape index (κ3) is 4.22. The van der Waals surface area contributed by atoms with E-state index in [9.17, 15) is 0 Å². The fourth-order valence-corrected chi connectivity index (χ4v) is 2.76. The second kappa shape index (κ2) is 6.92. The Labute approximate surface area is 116 Å². The molecule has 19 heavy (non-hydrogen) atoms. The smallest absolute Gasteiger partial charge is 0.124 e. The largest absolute Gasteiger partial charge is 0.496 e. The molecular weight excluding hydrogens is 238 g/mol. The van der Waals surface area contributed by atoms with E-state index in [-0.39, 0.29) is 5.54 Å². The molecule has 1 aromatic rings. The Morgan fingerprint density at radius 2 is 1.79 bits per heavy atom. The fraction of sp³-hybridized carbons (Fsp3) is 0.625. The first-order valence-electron chi connectivity index (χ1n) is 7.22. The summed E-state index contributed by atoms with van der Waals surface area (Å²) >= 11 is 0. The predicted molar refractivity (Wildman–Crippen MR) is 77.3 cm³/mol. The molecule has 1 saturated carbocycles. The molecule has 1 fully saturated rings. The van der Waals surface area contributed by atoms with Crippen molar-refractivity contribution in [1.29, 1.82) is 0 Å². The van der Waals surface area contributed by atoms with E-state index in [0.29, 0.717) is 13.2 Å². The van der Waals surface area contributed by atoms with Gasteiger partial charge >= 0.3 is 0 Å². The van der Waals surface area contributed by atoms with Gasteiger partial charge in [-0.1, -0.05) is 43.9 Å². The van der Waals surface area contributed by atoms with Crippen LogP contribution in [0.25, 0.3) is 0 Å². The summed E-state index contributed by atoms with van der Waals surface area (Å²) in [5.74, 6) is 0.884. The highest BCUT2D eigenvalue weighted by Crippen LogP contribution is 2.26. The van der Waals surface area contributed by atoms with Crippen LogP contribution in [0.15, 0.2) is 24.3 Å². The molecule has 2 N–H and O–H groups in total. The standard InChI is InChI=1S/C16H25NO2/c1-18-15-9-5-4-8-14(15)12-19-13-16(17)10-6-2-3-7-11-16/h4-5,8-9H,2-3,6-7,10-13,17H2,1H3. The first-order valence-corrected chi connectivity index (χ1v) is 7.22. The van der Waals surface area contributed by atoms with Crippen LogP contribution in [0.5, 0.6) is 5.75 Å². The van der Waals surface area contributed by atoms with Crippen molar-refractivity contribution in [2.24, 2.45) is 5.73 Å². The Hall–Kier alpha value is -1.06. The second-order valence-electron chi connectivity index (χ2n) is 5.58. The summed E-state index contributed by atoms with van der Waals surface area (Å²) in [5.41, 5.74) is 7.40. The van der Waals surface area contributed by atoms with E-state index in [4.69, 9.17) is 15.2 Å². The summed E-state index contributed by atoms with van der Waals surface area (Å²) in [4.78, 5) is 0. The Morgan fingerprint density at radius 3 is 2.47 bits per heavy atom. The van der Waals surface area contributed by atoms with Crippen LogP contribution in [0.3, 0.4) is 0 Å². The van der Waals surface area contributed by atoms with Gasteiger partial charge in [0.05, 0.1) is 20.3 Å². The maximum absolute atomic E-state index is 6.44. The fourth-order valence-electron chi connectivity index (χ4n) is 2.76. The first-order chi connectivity index (χ1) is 9.23. The van der Waals surface area contributed by atoms with E-state index in [2.05, 4.69) is 0 Å². The zero-order valence-corrected chi connectivity index (χ0v) is 11.9. The van der Waals surface area contributed by atoms with Crippen molar-refractivity contribution in [1.82, 2.24) is 0 Å². The van der Waals surface area contributed by atoms with Crippen LogP contribution in [0.4, 0.5) is 0 Å². The van der Waals surface area contributed by atoms with Crippen LogP contribution >= 0.6 is 0 Å². The van der Waals surface area contributed by atoms with Crippen molar-refractivity contribution in [3.63, 3.8) is 0 Å². The predicted octanol–water partition coefficient (Wildman–Crippen LogP) is 3.26. The van der Waals surface area contributed by atoms with Crippen LogP contribution in [-0.4, -0.2) is 19.3 Å². The molecule has 1 aliphatic rings. The van der Waals surface area contributed by atoms with Gasteiger partial charge in [-0.2, -0.15) is 0 Å². The summed E-state index contributed by atoms with van der Waals surface area (Å²) in [6, 6.07) is 7.97. The summed E-state index contributed by atoms with van der Waals surface area (Å²) < 4.78 is 11.2. The number of nitrogens with two attached hydrogens (primary N) is 1. The Kier molecular flexibility index (Phi) is 5.23. The third-order valence-corrected chi connectivity index (χ3v) is 3.94. The number of benzene rings is 1. The summed E-state index contributed by atoms with van der Waals surface area (Å²) in [5, 5.41) is 0. The van der Waals surface area contributed by atoms with E-state index < -0.39 is 0 Å². The molecule has 0 saturated heterocycles. The number of methoxy groups -OCH3 is 1. The van der Waals surface area contributed by atoms with Crippen molar-refractivity contribution < 1.29 is 9.47 Å². The summed E-state index contributed by atoms with van der Waals surface area (Å²) in [6.45, 7) is 1.22. The molecule has 1 aromatic carbocycles. The SMILES string of the molecule is COc1ccccc1COCC1(N)CCCCCC1. The zero-order valence-electron chi connectivity index (χ0n) is 11.9. The van der Waals surface area contributed by atoms with Crippen LogP contribution < -0.4 is 10.5 Å². The molecule has 0 unspecified atom stereocenters. The molecule has 3 nitrogen and oxygen atoms in total. The molecule has 1 aliphatic carbocycles.